The van der Waals surface area contributed by atoms with Crippen LogP contribution in [-0.2, 0) is 11.3 Å². The van der Waals surface area contributed by atoms with Crippen molar-refractivity contribution < 1.29 is 19.5 Å². The number of rotatable bonds is 9. The van der Waals surface area contributed by atoms with E-state index in [4.69, 9.17) is 14.4 Å². The Labute approximate surface area is 191 Å². The normalized spacial score (nSPS) is 12.0. The highest BCUT2D eigenvalue weighted by atomic mass is 16.5. The van der Waals surface area contributed by atoms with E-state index >= 15 is 0 Å². The third kappa shape index (κ3) is 5.25. The molecule has 170 valence electrons. The molecule has 1 atom stereocenters. The van der Waals surface area contributed by atoms with Crippen LogP contribution >= 0.6 is 0 Å². The lowest BCUT2D eigenvalue weighted by Gasteiger charge is -2.12. The summed E-state index contributed by atoms with van der Waals surface area (Å²) in [6.07, 6.45) is 0.784. The van der Waals surface area contributed by atoms with Gasteiger partial charge in [-0.05, 0) is 53.4 Å². The quantitative estimate of drug-likeness (QED) is 0.357. The van der Waals surface area contributed by atoms with Gasteiger partial charge in [0.25, 0.3) is 5.89 Å². The first kappa shape index (κ1) is 22.6. The monoisotopic (exact) mass is 446 g/mol. The van der Waals surface area contributed by atoms with Crippen molar-refractivity contribution in [3.63, 3.8) is 0 Å². The zero-order chi connectivity index (χ0) is 23.2. The maximum atomic E-state index is 9.43. The Morgan fingerprint density at radius 2 is 1.88 bits per heavy atom. The minimum absolute atomic E-state index is 0.206. The summed E-state index contributed by atoms with van der Waals surface area (Å²) in [6.45, 7) is 2.45. The van der Waals surface area contributed by atoms with Crippen LogP contribution < -0.4 is 5.32 Å². The number of aliphatic hydroxyl groups excluding tert-OH is 2. The van der Waals surface area contributed by atoms with Gasteiger partial charge in [-0.1, -0.05) is 35.5 Å². The van der Waals surface area contributed by atoms with Gasteiger partial charge in [0.2, 0.25) is 5.82 Å². The molecule has 0 spiro atoms. The Morgan fingerprint density at radius 3 is 2.61 bits per heavy atom. The topological polar surface area (TPSA) is 114 Å². The van der Waals surface area contributed by atoms with Crippen LogP contribution in [0, 0.1) is 6.92 Å². The van der Waals surface area contributed by atoms with Gasteiger partial charge >= 0.3 is 0 Å². The first-order valence-corrected chi connectivity index (χ1v) is 10.6. The van der Waals surface area contributed by atoms with Crippen molar-refractivity contribution in [3.05, 3.63) is 71.9 Å². The minimum Gasteiger partial charge on any atom is -0.394 e. The maximum Gasteiger partial charge on any atom is 0.258 e. The summed E-state index contributed by atoms with van der Waals surface area (Å²) in [7, 11) is 1.68. The second kappa shape index (κ2) is 10.4. The Hall–Kier alpha value is -3.59. The number of ether oxygens (including phenoxy) is 1. The van der Waals surface area contributed by atoms with Crippen LogP contribution in [0.5, 0.6) is 0 Å². The number of nitrogens with one attached hydrogen (secondary N) is 1. The fourth-order valence-corrected chi connectivity index (χ4v) is 3.52. The van der Waals surface area contributed by atoms with Crippen LogP contribution in [0.3, 0.4) is 0 Å². The second-order valence-corrected chi connectivity index (χ2v) is 7.69. The van der Waals surface area contributed by atoms with Gasteiger partial charge in [0.15, 0.2) is 0 Å². The SMILES string of the molecule is COCc1cc(-c2nc(-c3ccc(NCC(O)CO)nc3)no2)ccc1-c1ccccc1C. The molecule has 33 heavy (non-hydrogen) atoms. The number of hydrogen-bond donors (Lipinski definition) is 3. The molecule has 8 nitrogen and oxygen atoms in total. The maximum absolute atomic E-state index is 9.43. The molecule has 0 radical (unpaired) electrons. The number of aromatic nitrogens is 3. The van der Waals surface area contributed by atoms with Gasteiger partial charge in [-0.15, -0.1) is 0 Å². The Kier molecular flexibility index (Phi) is 7.09. The molecule has 0 saturated heterocycles. The Bertz CT molecular complexity index is 1210. The van der Waals surface area contributed by atoms with Crippen LogP contribution in [0.2, 0.25) is 0 Å². The fourth-order valence-electron chi connectivity index (χ4n) is 3.52. The summed E-state index contributed by atoms with van der Waals surface area (Å²) in [4.78, 5) is 8.83. The predicted molar refractivity (Wildman–Crippen MR) is 125 cm³/mol. The third-order valence-electron chi connectivity index (χ3n) is 5.26. The van der Waals surface area contributed by atoms with Crippen LogP contribution in [0.15, 0.2) is 65.3 Å². The zero-order valence-corrected chi connectivity index (χ0v) is 18.5. The van der Waals surface area contributed by atoms with Gasteiger partial charge in [-0.2, -0.15) is 4.98 Å². The van der Waals surface area contributed by atoms with Crippen molar-refractivity contribution in [1.82, 2.24) is 15.1 Å². The van der Waals surface area contributed by atoms with E-state index in [1.807, 2.05) is 30.3 Å². The van der Waals surface area contributed by atoms with E-state index in [-0.39, 0.29) is 13.2 Å². The highest BCUT2D eigenvalue weighted by molar-refractivity contribution is 5.74. The molecule has 3 N–H and O–H groups in total. The number of nitrogens with zero attached hydrogens (tertiary/aromatic N) is 3. The molecular weight excluding hydrogens is 420 g/mol. The summed E-state index contributed by atoms with van der Waals surface area (Å²) in [6, 6.07) is 17.9. The highest BCUT2D eigenvalue weighted by Crippen LogP contribution is 2.31. The number of aryl methyl sites for hydroxylation is 1. The van der Waals surface area contributed by atoms with Crippen LogP contribution in [0.25, 0.3) is 34.0 Å². The molecule has 4 aromatic rings. The number of pyridine rings is 1. The molecule has 2 heterocycles. The summed E-state index contributed by atoms with van der Waals surface area (Å²) in [5, 5.41) is 25.4. The fraction of sp³-hybridized carbons (Fsp3) is 0.240. The van der Waals surface area contributed by atoms with E-state index in [9.17, 15) is 5.11 Å². The molecule has 0 aliphatic heterocycles. The van der Waals surface area contributed by atoms with E-state index < -0.39 is 6.10 Å². The van der Waals surface area contributed by atoms with E-state index in [2.05, 4.69) is 45.6 Å². The van der Waals surface area contributed by atoms with Crippen molar-refractivity contribution in [3.8, 4) is 34.0 Å². The summed E-state index contributed by atoms with van der Waals surface area (Å²) in [5.74, 6) is 1.41. The smallest absolute Gasteiger partial charge is 0.258 e. The van der Waals surface area contributed by atoms with Crippen LogP contribution in [-0.4, -0.2) is 51.7 Å². The lowest BCUT2D eigenvalue weighted by Crippen LogP contribution is -2.23. The molecule has 2 aromatic carbocycles. The number of benzene rings is 2. The van der Waals surface area contributed by atoms with Gasteiger partial charge in [-0.25, -0.2) is 4.98 Å². The molecule has 0 fully saturated rings. The summed E-state index contributed by atoms with van der Waals surface area (Å²) in [5.41, 5.74) is 6.00. The first-order valence-electron chi connectivity index (χ1n) is 10.6. The van der Waals surface area contributed by atoms with Crippen molar-refractivity contribution in [2.24, 2.45) is 0 Å². The molecule has 0 saturated carbocycles. The minimum atomic E-state index is -0.841. The molecule has 2 aromatic heterocycles. The molecule has 0 amide bonds. The average Bonchev–Trinajstić information content (AvgIpc) is 3.34. The van der Waals surface area contributed by atoms with Gasteiger partial charge in [0.1, 0.15) is 5.82 Å². The molecule has 1 unspecified atom stereocenters. The third-order valence-corrected chi connectivity index (χ3v) is 5.26. The second-order valence-electron chi connectivity index (χ2n) is 7.69. The lowest BCUT2D eigenvalue weighted by atomic mass is 9.94. The molecular formula is C25H26N4O4. The van der Waals surface area contributed by atoms with Gasteiger partial charge in [-0.3, -0.25) is 0 Å². The number of anilines is 1. The standard InChI is InChI=1S/C25H26N4O4/c1-16-5-3-4-6-21(16)22-9-7-17(11-19(22)15-32-2)25-28-24(29-33-25)18-8-10-23(26-12-18)27-13-20(31)14-30/h3-12,20,30-31H,13-15H2,1-2H3,(H,26,27). The summed E-state index contributed by atoms with van der Waals surface area (Å²) < 4.78 is 11.0. The van der Waals surface area contributed by atoms with Crippen molar-refractivity contribution >= 4 is 5.82 Å². The molecule has 4 rings (SSSR count). The van der Waals surface area contributed by atoms with E-state index in [1.165, 1.54) is 5.56 Å². The number of hydrogen-bond acceptors (Lipinski definition) is 8. The number of methoxy groups -OCH3 is 1. The van der Waals surface area contributed by atoms with Crippen molar-refractivity contribution in [2.45, 2.75) is 19.6 Å². The number of aliphatic hydroxyl groups is 2. The van der Waals surface area contributed by atoms with E-state index in [0.717, 1.165) is 22.3 Å². The Morgan fingerprint density at radius 1 is 1.06 bits per heavy atom. The van der Waals surface area contributed by atoms with Crippen LogP contribution in [0.4, 0.5) is 5.82 Å². The summed E-state index contributed by atoms with van der Waals surface area (Å²) >= 11 is 0. The average molecular weight is 447 g/mol. The van der Waals surface area contributed by atoms with Crippen LogP contribution in [0.1, 0.15) is 11.1 Å². The molecule has 0 bridgehead atoms. The van der Waals surface area contributed by atoms with Gasteiger partial charge in [0, 0.05) is 31.0 Å². The predicted octanol–water partition coefficient (Wildman–Crippen LogP) is 3.69. The van der Waals surface area contributed by atoms with Crippen molar-refractivity contribution in [2.75, 3.05) is 25.6 Å². The Balaban J connectivity index is 1.57. The lowest BCUT2D eigenvalue weighted by molar-refractivity contribution is 0.105. The molecule has 0 aliphatic rings. The largest absolute Gasteiger partial charge is 0.394 e. The first-order chi connectivity index (χ1) is 16.1. The molecule has 0 aliphatic carbocycles. The van der Waals surface area contributed by atoms with E-state index in [1.54, 1.807) is 19.4 Å². The van der Waals surface area contributed by atoms with Gasteiger partial charge in [0.05, 0.1) is 19.3 Å². The van der Waals surface area contributed by atoms with Crippen molar-refractivity contribution in [1.29, 1.82) is 0 Å². The van der Waals surface area contributed by atoms with E-state index in [0.29, 0.717) is 29.7 Å². The highest BCUT2D eigenvalue weighted by Gasteiger charge is 2.15. The molecule has 8 heteroatoms. The van der Waals surface area contributed by atoms with Gasteiger partial charge < -0.3 is 24.8 Å². The zero-order valence-electron chi connectivity index (χ0n) is 18.5.